The lowest BCUT2D eigenvalue weighted by molar-refractivity contribution is 0.445. The Bertz CT molecular complexity index is 4820. The number of nitrogens with zero attached hydrogens (tertiary/aromatic N) is 2. The van der Waals surface area contributed by atoms with Crippen LogP contribution in [-0.2, 0) is 12.8 Å². The largest absolute Gasteiger partial charge is 0.505 e. The van der Waals surface area contributed by atoms with Crippen molar-refractivity contribution in [3.05, 3.63) is 245 Å². The van der Waals surface area contributed by atoms with E-state index in [2.05, 4.69) is 252 Å². The van der Waals surface area contributed by atoms with Gasteiger partial charge in [-0.3, -0.25) is 0 Å². The molecule has 0 saturated heterocycles. The van der Waals surface area contributed by atoms with Crippen LogP contribution in [0.15, 0.2) is 205 Å². The normalized spacial score (nSPS) is 14.3. The summed E-state index contributed by atoms with van der Waals surface area (Å²) in [5.41, 5.74) is 24.9. The van der Waals surface area contributed by atoms with Gasteiger partial charge in [0.1, 0.15) is 11.3 Å². The monoisotopic (exact) mass is 1150 g/mol. The number of aromatic hydroxyl groups is 1. The molecule has 0 atom stereocenters. The molecule has 88 heavy (non-hydrogen) atoms. The van der Waals surface area contributed by atoms with E-state index >= 15 is 0 Å². The van der Waals surface area contributed by atoms with E-state index in [9.17, 15) is 5.11 Å². The molecule has 0 bridgehead atoms. The van der Waals surface area contributed by atoms with Gasteiger partial charge in [-0.25, -0.2) is 0 Å². The molecule has 436 valence electrons. The molecule has 4 nitrogen and oxygen atoms in total. The average Bonchev–Trinajstić information content (AvgIpc) is 0.813. The van der Waals surface area contributed by atoms with Crippen molar-refractivity contribution in [1.29, 1.82) is 0 Å². The first kappa shape index (κ1) is 55.5. The zero-order valence-corrected chi connectivity index (χ0v) is 51.9. The molecule has 0 unspecified atom stereocenters. The number of phenolic OH excluding ortho intramolecular Hbond substituents is 1. The van der Waals surface area contributed by atoms with E-state index in [4.69, 9.17) is 4.42 Å². The molecule has 0 amide bonds. The predicted molar refractivity (Wildman–Crippen MR) is 374 cm³/mol. The van der Waals surface area contributed by atoms with Crippen molar-refractivity contribution in [2.75, 3.05) is 9.80 Å². The maximum atomic E-state index is 13.3. The third kappa shape index (κ3) is 9.41. The van der Waals surface area contributed by atoms with Crippen molar-refractivity contribution in [1.82, 2.24) is 0 Å². The van der Waals surface area contributed by atoms with Crippen molar-refractivity contribution < 1.29 is 9.52 Å². The molecular formula is C84H78N2O2. The number of aryl methyl sites for hydroxylation is 6. The van der Waals surface area contributed by atoms with Gasteiger partial charge in [0.15, 0.2) is 5.58 Å². The van der Waals surface area contributed by atoms with E-state index in [1.807, 2.05) is 0 Å². The predicted octanol–water partition coefficient (Wildman–Crippen LogP) is 24.6. The van der Waals surface area contributed by atoms with E-state index in [1.165, 1.54) is 132 Å². The number of hydrogen-bond donors (Lipinski definition) is 1. The summed E-state index contributed by atoms with van der Waals surface area (Å²) < 4.78 is 7.46. The van der Waals surface area contributed by atoms with Gasteiger partial charge in [-0.1, -0.05) is 198 Å². The van der Waals surface area contributed by atoms with Gasteiger partial charge in [0.05, 0.1) is 22.7 Å². The van der Waals surface area contributed by atoms with Gasteiger partial charge >= 0.3 is 0 Å². The number of fused-ring (bicyclic) bond motifs is 3. The molecule has 0 radical (unpaired) electrons. The van der Waals surface area contributed by atoms with Crippen LogP contribution in [0.5, 0.6) is 5.75 Å². The van der Waals surface area contributed by atoms with Gasteiger partial charge in [-0.05, 0) is 221 Å². The molecular weight excluding hydrogens is 1070 g/mol. The van der Waals surface area contributed by atoms with Crippen LogP contribution < -0.4 is 9.80 Å². The molecule has 2 aliphatic carbocycles. The molecule has 2 fully saturated rings. The van der Waals surface area contributed by atoms with Gasteiger partial charge < -0.3 is 19.3 Å². The Morgan fingerprint density at radius 3 is 1.40 bits per heavy atom. The lowest BCUT2D eigenvalue weighted by Crippen LogP contribution is -2.15. The summed E-state index contributed by atoms with van der Waals surface area (Å²) in [6, 6.07) is 75.0. The lowest BCUT2D eigenvalue weighted by Gasteiger charge is -2.34. The van der Waals surface area contributed by atoms with E-state index < -0.39 is 0 Å². The van der Waals surface area contributed by atoms with Crippen molar-refractivity contribution in [3.8, 4) is 39.1 Å². The number of benzene rings is 12. The number of rotatable bonds is 13. The van der Waals surface area contributed by atoms with Crippen molar-refractivity contribution in [2.24, 2.45) is 0 Å². The average molecular weight is 1150 g/mol. The Balaban J connectivity index is 1.02. The Morgan fingerprint density at radius 1 is 0.364 bits per heavy atom. The van der Waals surface area contributed by atoms with Crippen molar-refractivity contribution in [2.45, 2.75) is 130 Å². The summed E-state index contributed by atoms with van der Waals surface area (Å²) in [7, 11) is 0. The molecule has 13 aromatic rings. The molecule has 2 saturated carbocycles. The first-order valence-corrected chi connectivity index (χ1v) is 32.7. The summed E-state index contributed by atoms with van der Waals surface area (Å²) in [6.45, 7) is 13.4. The maximum Gasteiger partial charge on any atom is 0.159 e. The summed E-state index contributed by atoms with van der Waals surface area (Å²) >= 11 is 0. The minimum atomic E-state index is 0.263. The standard InChI is InChI=1S/C84H78N2O2/c1-7-56-23-15-17-31-64(56)60-29-19-30-61(49-60)66-33-21-37-76(82(66)87)85(62-41-39-52(3)54(5)47-62)78-50-74(58-25-11-9-12-26-58)67-44-46-73-79(51-75(59-27-13-10-14-28-59)68-43-45-72(78)80(67)81(68)73)86(63-42-40-53(4)55(6)48-63)77-38-22-36-71-70-35-20-34-69(83(70)88-84(71)77)65-32-18-16-24-57(65)8-2/h15-24,29-51,58-59,87H,7-14,25-28H2,1-6H3. The number of phenols is 1. The topological polar surface area (TPSA) is 39.9 Å². The number of para-hydroxylation sites is 3. The number of hydrogen-bond acceptors (Lipinski definition) is 4. The second-order valence-corrected chi connectivity index (χ2v) is 25.6. The van der Waals surface area contributed by atoms with Crippen molar-refractivity contribution >= 4 is 88.4 Å². The Hall–Kier alpha value is -9.12. The van der Waals surface area contributed by atoms with Crippen LogP contribution in [0, 0.1) is 27.7 Å². The summed E-state index contributed by atoms with van der Waals surface area (Å²) in [6.07, 6.45) is 13.9. The molecule has 12 aromatic carbocycles. The van der Waals surface area contributed by atoms with Gasteiger partial charge in [0, 0.05) is 44.0 Å². The second kappa shape index (κ2) is 22.9. The van der Waals surface area contributed by atoms with E-state index in [-0.39, 0.29) is 5.75 Å². The van der Waals surface area contributed by atoms with Crippen LogP contribution in [0.2, 0.25) is 0 Å². The molecule has 1 heterocycles. The Kier molecular flexibility index (Phi) is 14.4. The molecule has 1 aromatic heterocycles. The zero-order valence-electron chi connectivity index (χ0n) is 51.9. The van der Waals surface area contributed by atoms with Gasteiger partial charge in [-0.2, -0.15) is 0 Å². The Morgan fingerprint density at radius 2 is 0.818 bits per heavy atom. The minimum Gasteiger partial charge on any atom is -0.505 e. The van der Waals surface area contributed by atoms with E-state index in [1.54, 1.807) is 0 Å². The van der Waals surface area contributed by atoms with Crippen LogP contribution in [0.4, 0.5) is 34.1 Å². The first-order chi connectivity index (χ1) is 43.1. The fourth-order valence-electron chi connectivity index (χ4n) is 15.6. The molecule has 15 rings (SSSR count). The smallest absolute Gasteiger partial charge is 0.159 e. The van der Waals surface area contributed by atoms with Crippen molar-refractivity contribution in [3.63, 3.8) is 0 Å². The number of anilines is 6. The molecule has 0 aliphatic heterocycles. The molecule has 1 N–H and O–H groups in total. The fraction of sp³-hybridized carbons (Fsp3) is 0.238. The SMILES string of the molecule is CCc1ccccc1-c1cccc(-c2cccc(N(c3ccc(C)c(C)c3)c3cc(C4CCCCC4)c4ccc5c(N(c6ccc(C)c(C)c6)c6cccc7c6oc6c(-c8ccccc8CC)cccc67)cc(C6CCCCC6)c6ccc3c4c65)c2O)c1. The van der Waals surface area contributed by atoms with Crippen LogP contribution >= 0.6 is 0 Å². The minimum absolute atomic E-state index is 0.263. The summed E-state index contributed by atoms with van der Waals surface area (Å²) in [5.74, 6) is 1.05. The summed E-state index contributed by atoms with van der Waals surface area (Å²) in [4.78, 5) is 4.96. The van der Waals surface area contributed by atoms with Crippen LogP contribution in [0.1, 0.15) is 134 Å². The van der Waals surface area contributed by atoms with Gasteiger partial charge in [-0.15, -0.1) is 0 Å². The lowest BCUT2D eigenvalue weighted by atomic mass is 9.77. The second-order valence-electron chi connectivity index (χ2n) is 25.6. The van der Waals surface area contributed by atoms with E-state index in [0.717, 1.165) is 111 Å². The maximum absolute atomic E-state index is 13.3. The molecule has 2 aliphatic rings. The van der Waals surface area contributed by atoms with Gasteiger partial charge in [0.25, 0.3) is 0 Å². The Labute approximate surface area is 519 Å². The fourth-order valence-corrected chi connectivity index (χ4v) is 15.6. The van der Waals surface area contributed by atoms with Crippen LogP contribution in [0.3, 0.4) is 0 Å². The van der Waals surface area contributed by atoms with Crippen LogP contribution in [0.25, 0.3) is 87.6 Å². The first-order valence-electron chi connectivity index (χ1n) is 32.7. The zero-order chi connectivity index (χ0) is 59.7. The van der Waals surface area contributed by atoms with Gasteiger partial charge in [0.2, 0.25) is 0 Å². The third-order valence-electron chi connectivity index (χ3n) is 20.6. The highest BCUT2D eigenvalue weighted by molar-refractivity contribution is 6.30. The number of furan rings is 1. The highest BCUT2D eigenvalue weighted by Crippen LogP contribution is 2.56. The van der Waals surface area contributed by atoms with E-state index in [0.29, 0.717) is 11.8 Å². The van der Waals surface area contributed by atoms with Crippen LogP contribution in [-0.4, -0.2) is 5.11 Å². The third-order valence-corrected chi connectivity index (χ3v) is 20.6. The molecule has 0 spiro atoms. The highest BCUT2D eigenvalue weighted by atomic mass is 16.3. The highest BCUT2D eigenvalue weighted by Gasteiger charge is 2.32. The quantitative estimate of drug-likeness (QED) is 0.117. The summed E-state index contributed by atoms with van der Waals surface area (Å²) in [5, 5.41) is 23.2. The molecule has 4 heteroatoms.